The van der Waals surface area contributed by atoms with Gasteiger partial charge in [0.15, 0.2) is 0 Å². The lowest BCUT2D eigenvalue weighted by Gasteiger charge is -2.31. The Labute approximate surface area is 91.9 Å². The third-order valence-electron chi connectivity index (χ3n) is 2.64. The van der Waals surface area contributed by atoms with Crippen LogP contribution < -0.4 is 0 Å². The van der Waals surface area contributed by atoms with E-state index in [1.54, 1.807) is 0 Å². The fraction of sp³-hybridized carbons (Fsp3) is 0.600. The second kappa shape index (κ2) is 3.90. The van der Waals surface area contributed by atoms with E-state index in [-0.39, 0.29) is 10.5 Å². The van der Waals surface area contributed by atoms with E-state index in [9.17, 15) is 4.79 Å². The van der Waals surface area contributed by atoms with Crippen LogP contribution >= 0.6 is 11.3 Å². The summed E-state index contributed by atoms with van der Waals surface area (Å²) in [4.78, 5) is 15.2. The van der Waals surface area contributed by atoms with E-state index in [4.69, 9.17) is 9.84 Å². The average molecular weight is 227 g/mol. The Kier molecular flexibility index (Phi) is 2.75. The van der Waals surface area contributed by atoms with Crippen molar-refractivity contribution in [1.82, 2.24) is 4.98 Å². The number of rotatable bonds is 2. The first kappa shape index (κ1) is 10.6. The van der Waals surface area contributed by atoms with Crippen LogP contribution in [0.1, 0.15) is 40.9 Å². The van der Waals surface area contributed by atoms with Crippen LogP contribution in [0.15, 0.2) is 6.20 Å². The third-order valence-corrected chi connectivity index (χ3v) is 3.87. The molecule has 0 radical (unpaired) electrons. The monoisotopic (exact) mass is 227 g/mol. The molecule has 1 aliphatic rings. The van der Waals surface area contributed by atoms with E-state index >= 15 is 0 Å². The van der Waals surface area contributed by atoms with Gasteiger partial charge in [-0.25, -0.2) is 9.78 Å². The number of aromatic carboxylic acids is 1. The highest BCUT2D eigenvalue weighted by Gasteiger charge is 2.33. The maximum absolute atomic E-state index is 10.7. The topological polar surface area (TPSA) is 59.4 Å². The first-order valence-corrected chi connectivity index (χ1v) is 5.77. The van der Waals surface area contributed by atoms with Gasteiger partial charge >= 0.3 is 5.97 Å². The van der Waals surface area contributed by atoms with Gasteiger partial charge in [0, 0.05) is 6.61 Å². The van der Waals surface area contributed by atoms with Crippen molar-refractivity contribution in [3.8, 4) is 0 Å². The van der Waals surface area contributed by atoms with Gasteiger partial charge in [-0.05, 0) is 26.2 Å². The van der Waals surface area contributed by atoms with Crippen LogP contribution in [0.3, 0.4) is 0 Å². The Hall–Kier alpha value is -0.940. The molecular weight excluding hydrogens is 214 g/mol. The predicted molar refractivity (Wildman–Crippen MR) is 56.2 cm³/mol. The maximum atomic E-state index is 10.7. The smallest absolute Gasteiger partial charge is 0.347 e. The Morgan fingerprint density at radius 2 is 2.47 bits per heavy atom. The first-order valence-electron chi connectivity index (χ1n) is 4.95. The number of carbonyl (C=O) groups is 1. The SMILES string of the molecule is CC1(c2ncc(C(=O)O)s2)CCCCO1. The molecule has 5 heteroatoms. The average Bonchev–Trinajstić information content (AvgIpc) is 2.68. The standard InChI is InChI=1S/C10H13NO3S/c1-10(4-2-3-5-14-10)9-11-6-7(15-9)8(12)13/h6H,2-5H2,1H3,(H,12,13). The molecule has 0 aliphatic carbocycles. The predicted octanol–water partition coefficient (Wildman–Crippen LogP) is 2.26. The molecule has 1 saturated heterocycles. The molecule has 15 heavy (non-hydrogen) atoms. The summed E-state index contributed by atoms with van der Waals surface area (Å²) in [5.74, 6) is -0.918. The fourth-order valence-electron chi connectivity index (χ4n) is 1.72. The molecule has 4 nitrogen and oxygen atoms in total. The largest absolute Gasteiger partial charge is 0.477 e. The highest BCUT2D eigenvalue weighted by atomic mass is 32.1. The lowest BCUT2D eigenvalue weighted by molar-refractivity contribution is -0.0702. The van der Waals surface area contributed by atoms with Crippen molar-refractivity contribution in [3.63, 3.8) is 0 Å². The van der Waals surface area contributed by atoms with Gasteiger partial charge in [-0.2, -0.15) is 0 Å². The number of thiazole rings is 1. The molecule has 0 saturated carbocycles. The molecule has 1 aromatic rings. The van der Waals surface area contributed by atoms with E-state index in [1.165, 1.54) is 17.5 Å². The minimum atomic E-state index is -0.918. The molecule has 2 heterocycles. The van der Waals surface area contributed by atoms with Gasteiger partial charge in [-0.3, -0.25) is 0 Å². The molecule has 1 N–H and O–H groups in total. The zero-order chi connectivity index (χ0) is 10.9. The summed E-state index contributed by atoms with van der Waals surface area (Å²) in [5, 5.41) is 9.59. The second-order valence-electron chi connectivity index (χ2n) is 3.87. The Morgan fingerprint density at radius 1 is 1.67 bits per heavy atom. The number of aromatic nitrogens is 1. The lowest BCUT2D eigenvalue weighted by atomic mass is 9.97. The number of hydrogen-bond donors (Lipinski definition) is 1. The number of nitrogens with zero attached hydrogens (tertiary/aromatic N) is 1. The molecule has 1 aliphatic heterocycles. The number of hydrogen-bond acceptors (Lipinski definition) is 4. The zero-order valence-corrected chi connectivity index (χ0v) is 9.34. The van der Waals surface area contributed by atoms with E-state index in [1.807, 2.05) is 6.92 Å². The zero-order valence-electron chi connectivity index (χ0n) is 8.52. The number of carboxylic acid groups (broad SMARTS) is 1. The molecule has 0 bridgehead atoms. The van der Waals surface area contributed by atoms with Crippen LogP contribution in [-0.4, -0.2) is 22.7 Å². The van der Waals surface area contributed by atoms with Crippen LogP contribution in [0, 0.1) is 0 Å². The summed E-state index contributed by atoms with van der Waals surface area (Å²) < 4.78 is 5.70. The number of ether oxygens (including phenoxy) is 1. The van der Waals surface area contributed by atoms with Gasteiger partial charge in [0.2, 0.25) is 0 Å². The van der Waals surface area contributed by atoms with Gasteiger partial charge in [-0.15, -0.1) is 11.3 Å². The molecule has 0 amide bonds. The van der Waals surface area contributed by atoms with E-state index in [2.05, 4.69) is 4.98 Å². The molecule has 1 unspecified atom stereocenters. The van der Waals surface area contributed by atoms with Crippen molar-refractivity contribution in [2.45, 2.75) is 31.8 Å². The summed E-state index contributed by atoms with van der Waals surface area (Å²) in [6.45, 7) is 2.72. The normalized spacial score (nSPS) is 26.5. The van der Waals surface area contributed by atoms with Crippen LogP contribution in [0.2, 0.25) is 0 Å². The van der Waals surface area contributed by atoms with Crippen LogP contribution in [0.25, 0.3) is 0 Å². The second-order valence-corrected chi connectivity index (χ2v) is 4.90. The lowest BCUT2D eigenvalue weighted by Crippen LogP contribution is -2.29. The number of carboxylic acids is 1. The molecule has 1 fully saturated rings. The molecule has 0 aromatic carbocycles. The Morgan fingerprint density at radius 3 is 3.00 bits per heavy atom. The van der Waals surface area contributed by atoms with Gasteiger partial charge in [-0.1, -0.05) is 0 Å². The summed E-state index contributed by atoms with van der Waals surface area (Å²) in [7, 11) is 0. The van der Waals surface area contributed by atoms with Crippen molar-refractivity contribution in [2.24, 2.45) is 0 Å². The minimum absolute atomic E-state index is 0.278. The van der Waals surface area contributed by atoms with Crippen molar-refractivity contribution < 1.29 is 14.6 Å². The summed E-state index contributed by atoms with van der Waals surface area (Å²) in [5.41, 5.74) is -0.378. The summed E-state index contributed by atoms with van der Waals surface area (Å²) >= 11 is 1.21. The Bertz CT molecular complexity index is 368. The first-order chi connectivity index (χ1) is 7.12. The van der Waals surface area contributed by atoms with E-state index in [0.717, 1.165) is 30.9 Å². The summed E-state index contributed by atoms with van der Waals surface area (Å²) in [6, 6.07) is 0. The Balaban J connectivity index is 2.23. The van der Waals surface area contributed by atoms with Crippen LogP contribution in [0.4, 0.5) is 0 Å². The van der Waals surface area contributed by atoms with E-state index in [0.29, 0.717) is 0 Å². The molecule has 1 atom stereocenters. The molecule has 1 aromatic heterocycles. The molecule has 0 spiro atoms. The quantitative estimate of drug-likeness (QED) is 0.841. The van der Waals surface area contributed by atoms with Crippen molar-refractivity contribution in [3.05, 3.63) is 16.1 Å². The third kappa shape index (κ3) is 2.03. The van der Waals surface area contributed by atoms with Crippen LogP contribution in [-0.2, 0) is 10.3 Å². The van der Waals surface area contributed by atoms with Gasteiger partial charge in [0.25, 0.3) is 0 Å². The van der Waals surface area contributed by atoms with Crippen molar-refractivity contribution in [1.29, 1.82) is 0 Å². The maximum Gasteiger partial charge on any atom is 0.347 e. The van der Waals surface area contributed by atoms with Crippen molar-refractivity contribution >= 4 is 17.3 Å². The summed E-state index contributed by atoms with van der Waals surface area (Å²) in [6.07, 6.45) is 4.51. The molecule has 2 rings (SSSR count). The molecular formula is C10H13NO3S. The van der Waals surface area contributed by atoms with Crippen LogP contribution in [0.5, 0.6) is 0 Å². The molecule has 82 valence electrons. The van der Waals surface area contributed by atoms with E-state index < -0.39 is 5.97 Å². The minimum Gasteiger partial charge on any atom is -0.477 e. The van der Waals surface area contributed by atoms with Gasteiger partial charge in [0.1, 0.15) is 15.5 Å². The van der Waals surface area contributed by atoms with Gasteiger partial charge < -0.3 is 9.84 Å². The van der Waals surface area contributed by atoms with Crippen molar-refractivity contribution in [2.75, 3.05) is 6.61 Å². The highest BCUT2D eigenvalue weighted by molar-refractivity contribution is 7.13. The van der Waals surface area contributed by atoms with Gasteiger partial charge in [0.05, 0.1) is 6.20 Å². The fourth-order valence-corrected chi connectivity index (χ4v) is 2.60. The highest BCUT2D eigenvalue weighted by Crippen LogP contribution is 2.36.